The molecule has 0 radical (unpaired) electrons. The van der Waals surface area contributed by atoms with Crippen molar-refractivity contribution >= 4 is 11.6 Å². The first-order valence-corrected chi connectivity index (χ1v) is 7.03. The molecule has 4 nitrogen and oxygen atoms in total. The van der Waals surface area contributed by atoms with E-state index in [1.807, 2.05) is 54.6 Å². The summed E-state index contributed by atoms with van der Waals surface area (Å²) in [5, 5.41) is 2.90. The lowest BCUT2D eigenvalue weighted by molar-refractivity contribution is -0.119. The number of benzene rings is 2. The van der Waals surface area contributed by atoms with Crippen LogP contribution in [0, 0.1) is 5.92 Å². The first kappa shape index (κ1) is 13.6. The lowest BCUT2D eigenvalue weighted by Gasteiger charge is -2.10. The molecule has 0 unspecified atom stereocenters. The highest BCUT2D eigenvalue weighted by Crippen LogP contribution is 2.23. The van der Waals surface area contributed by atoms with E-state index in [1.165, 1.54) is 0 Å². The van der Waals surface area contributed by atoms with Crippen molar-refractivity contribution < 1.29 is 14.3 Å². The lowest BCUT2D eigenvalue weighted by Crippen LogP contribution is -2.22. The number of hydrogen-bond donors (Lipinski definition) is 1. The van der Waals surface area contributed by atoms with Gasteiger partial charge in [0.15, 0.2) is 0 Å². The molecular formula is C17H17NO3. The molecule has 1 heterocycles. The van der Waals surface area contributed by atoms with Gasteiger partial charge in [0, 0.05) is 12.3 Å². The Morgan fingerprint density at radius 1 is 1.05 bits per heavy atom. The fourth-order valence-corrected chi connectivity index (χ4v) is 2.22. The van der Waals surface area contributed by atoms with E-state index in [4.69, 9.17) is 9.47 Å². The van der Waals surface area contributed by atoms with Crippen LogP contribution in [0.4, 0.5) is 5.69 Å². The summed E-state index contributed by atoms with van der Waals surface area (Å²) in [4.78, 5) is 12.0. The van der Waals surface area contributed by atoms with Gasteiger partial charge in [-0.2, -0.15) is 0 Å². The largest absolute Gasteiger partial charge is 0.457 e. The molecule has 1 atom stereocenters. The summed E-state index contributed by atoms with van der Waals surface area (Å²) in [6.45, 7) is 1.18. The minimum Gasteiger partial charge on any atom is -0.457 e. The molecule has 1 saturated heterocycles. The van der Waals surface area contributed by atoms with Crippen molar-refractivity contribution in [3.05, 3.63) is 54.6 Å². The maximum atomic E-state index is 12.0. The van der Waals surface area contributed by atoms with Gasteiger partial charge in [0.1, 0.15) is 11.5 Å². The normalized spacial score (nSPS) is 17.4. The van der Waals surface area contributed by atoms with Gasteiger partial charge in [-0.25, -0.2) is 0 Å². The van der Waals surface area contributed by atoms with E-state index in [2.05, 4.69) is 5.32 Å². The smallest absolute Gasteiger partial charge is 0.229 e. The zero-order valence-electron chi connectivity index (χ0n) is 11.6. The Morgan fingerprint density at radius 2 is 1.76 bits per heavy atom. The number of nitrogens with one attached hydrogen (secondary N) is 1. The molecule has 108 valence electrons. The van der Waals surface area contributed by atoms with Crippen molar-refractivity contribution in [2.75, 3.05) is 18.5 Å². The predicted molar refractivity (Wildman–Crippen MR) is 80.5 cm³/mol. The maximum Gasteiger partial charge on any atom is 0.229 e. The summed E-state index contributed by atoms with van der Waals surface area (Å²) in [6, 6.07) is 16.9. The fraction of sp³-hybridized carbons (Fsp3) is 0.235. The van der Waals surface area contributed by atoms with Crippen LogP contribution in [0.5, 0.6) is 11.5 Å². The van der Waals surface area contributed by atoms with Gasteiger partial charge >= 0.3 is 0 Å². The Labute approximate surface area is 123 Å². The number of anilines is 1. The van der Waals surface area contributed by atoms with Gasteiger partial charge in [0.05, 0.1) is 12.5 Å². The van der Waals surface area contributed by atoms with Crippen LogP contribution in [-0.2, 0) is 9.53 Å². The van der Waals surface area contributed by atoms with Gasteiger partial charge in [0.2, 0.25) is 5.91 Å². The first-order valence-electron chi connectivity index (χ1n) is 7.03. The number of ether oxygens (including phenoxy) is 2. The van der Waals surface area contributed by atoms with Gasteiger partial charge in [0.25, 0.3) is 0 Å². The second-order valence-corrected chi connectivity index (χ2v) is 4.99. The molecule has 1 aliphatic heterocycles. The molecule has 1 aliphatic rings. The quantitative estimate of drug-likeness (QED) is 0.934. The molecule has 1 N–H and O–H groups in total. The van der Waals surface area contributed by atoms with Gasteiger partial charge in [-0.15, -0.1) is 0 Å². The Balaban J connectivity index is 1.60. The van der Waals surface area contributed by atoms with Gasteiger partial charge in [-0.3, -0.25) is 4.79 Å². The van der Waals surface area contributed by atoms with Crippen molar-refractivity contribution in [1.82, 2.24) is 0 Å². The third-order valence-electron chi connectivity index (χ3n) is 3.40. The van der Waals surface area contributed by atoms with Crippen LogP contribution >= 0.6 is 0 Å². The van der Waals surface area contributed by atoms with Crippen LogP contribution in [-0.4, -0.2) is 19.1 Å². The van der Waals surface area contributed by atoms with Crippen LogP contribution in [0.15, 0.2) is 54.6 Å². The highest BCUT2D eigenvalue weighted by Gasteiger charge is 2.23. The van der Waals surface area contributed by atoms with Crippen molar-refractivity contribution in [2.45, 2.75) is 6.42 Å². The molecule has 1 amide bonds. The number of rotatable bonds is 4. The van der Waals surface area contributed by atoms with Crippen molar-refractivity contribution in [2.24, 2.45) is 5.92 Å². The Morgan fingerprint density at radius 3 is 2.43 bits per heavy atom. The van der Waals surface area contributed by atoms with E-state index < -0.39 is 0 Å². The van der Waals surface area contributed by atoms with E-state index in [0.29, 0.717) is 13.2 Å². The van der Waals surface area contributed by atoms with Crippen LogP contribution in [0.25, 0.3) is 0 Å². The summed E-state index contributed by atoms with van der Waals surface area (Å²) >= 11 is 0. The summed E-state index contributed by atoms with van der Waals surface area (Å²) in [5.41, 5.74) is 0.771. The number of carbonyl (C=O) groups excluding carboxylic acids is 1. The van der Waals surface area contributed by atoms with E-state index in [-0.39, 0.29) is 11.8 Å². The van der Waals surface area contributed by atoms with Crippen molar-refractivity contribution in [3.63, 3.8) is 0 Å². The maximum absolute atomic E-state index is 12.0. The van der Waals surface area contributed by atoms with Gasteiger partial charge in [-0.05, 0) is 42.8 Å². The third-order valence-corrected chi connectivity index (χ3v) is 3.40. The second-order valence-electron chi connectivity index (χ2n) is 4.99. The standard InChI is InChI=1S/C17H17NO3/c19-17(13-10-11-20-12-13)18-14-6-8-16(9-7-14)21-15-4-2-1-3-5-15/h1-9,13H,10-12H2,(H,18,19)/t13-/m1/s1. The number of para-hydroxylation sites is 1. The topological polar surface area (TPSA) is 47.6 Å². The Hall–Kier alpha value is -2.33. The molecule has 2 aromatic rings. The monoisotopic (exact) mass is 283 g/mol. The summed E-state index contributed by atoms with van der Waals surface area (Å²) in [6.07, 6.45) is 0.793. The molecule has 0 aromatic heterocycles. The molecule has 2 aromatic carbocycles. The summed E-state index contributed by atoms with van der Waals surface area (Å²) in [7, 11) is 0. The molecular weight excluding hydrogens is 266 g/mol. The number of hydrogen-bond acceptors (Lipinski definition) is 3. The highest BCUT2D eigenvalue weighted by molar-refractivity contribution is 5.92. The average Bonchev–Trinajstić information content (AvgIpc) is 3.05. The number of amides is 1. The molecule has 3 rings (SSSR count). The zero-order valence-corrected chi connectivity index (χ0v) is 11.6. The van der Waals surface area contributed by atoms with Gasteiger partial charge < -0.3 is 14.8 Å². The molecule has 0 aliphatic carbocycles. The molecule has 21 heavy (non-hydrogen) atoms. The van der Waals surface area contributed by atoms with Crippen LogP contribution in [0.3, 0.4) is 0 Å². The molecule has 1 fully saturated rings. The lowest BCUT2D eigenvalue weighted by atomic mass is 10.1. The van der Waals surface area contributed by atoms with Crippen LogP contribution < -0.4 is 10.1 Å². The average molecular weight is 283 g/mol. The van der Waals surface area contributed by atoms with E-state index in [9.17, 15) is 4.79 Å². The van der Waals surface area contributed by atoms with Crippen LogP contribution in [0.1, 0.15) is 6.42 Å². The van der Waals surface area contributed by atoms with Crippen molar-refractivity contribution in [3.8, 4) is 11.5 Å². The highest BCUT2D eigenvalue weighted by atomic mass is 16.5. The fourth-order valence-electron chi connectivity index (χ4n) is 2.22. The number of carbonyl (C=O) groups is 1. The first-order chi connectivity index (χ1) is 10.3. The Kier molecular flexibility index (Phi) is 4.17. The molecule has 4 heteroatoms. The van der Waals surface area contributed by atoms with E-state index in [1.54, 1.807) is 0 Å². The van der Waals surface area contributed by atoms with E-state index >= 15 is 0 Å². The molecule has 0 spiro atoms. The zero-order chi connectivity index (χ0) is 14.5. The summed E-state index contributed by atoms with van der Waals surface area (Å²) < 4.78 is 10.9. The predicted octanol–water partition coefficient (Wildman–Crippen LogP) is 3.45. The second kappa shape index (κ2) is 6.41. The Bertz CT molecular complexity index is 589. The third kappa shape index (κ3) is 3.61. The summed E-state index contributed by atoms with van der Waals surface area (Å²) in [5.74, 6) is 1.51. The van der Waals surface area contributed by atoms with Crippen molar-refractivity contribution in [1.29, 1.82) is 0 Å². The van der Waals surface area contributed by atoms with Gasteiger partial charge in [-0.1, -0.05) is 18.2 Å². The molecule has 0 bridgehead atoms. The molecule has 0 saturated carbocycles. The minimum atomic E-state index is -0.0368. The SMILES string of the molecule is O=C(Nc1ccc(Oc2ccccc2)cc1)[C@@H]1CCOC1. The van der Waals surface area contributed by atoms with E-state index in [0.717, 1.165) is 23.6 Å². The van der Waals surface area contributed by atoms with Crippen LogP contribution in [0.2, 0.25) is 0 Å². The minimum absolute atomic E-state index is 0.0178.